The molecule has 0 saturated carbocycles. The Balaban J connectivity index is 0.00000198. The third kappa shape index (κ3) is 7.19. The molecule has 4 aromatic rings. The van der Waals surface area contributed by atoms with Crippen LogP contribution in [0, 0.1) is 0 Å². The summed E-state index contributed by atoms with van der Waals surface area (Å²) in [4.78, 5) is 27.8. The van der Waals surface area contributed by atoms with Crippen molar-refractivity contribution in [2.45, 2.75) is 78.4 Å². The average Bonchev–Trinajstić information content (AvgIpc) is 3.42. The molecule has 7 heteroatoms. The Morgan fingerprint density at radius 3 is 2.26 bits per heavy atom. The second kappa shape index (κ2) is 12.8. The summed E-state index contributed by atoms with van der Waals surface area (Å²) in [6, 6.07) is 23.9. The third-order valence-corrected chi connectivity index (χ3v) is 7.40. The van der Waals surface area contributed by atoms with E-state index in [9.17, 15) is 9.59 Å². The van der Waals surface area contributed by atoms with E-state index in [1.54, 1.807) is 0 Å². The molecule has 0 aliphatic carbocycles. The van der Waals surface area contributed by atoms with Crippen LogP contribution in [0.2, 0.25) is 0 Å². The molecule has 3 aromatic carbocycles. The number of hydrogen-bond acceptors (Lipinski definition) is 4. The molecule has 1 aromatic heterocycles. The number of fused-ring (bicyclic) bond motifs is 1. The van der Waals surface area contributed by atoms with Crippen molar-refractivity contribution in [3.05, 3.63) is 95.7 Å². The van der Waals surface area contributed by atoms with Gasteiger partial charge in [0.2, 0.25) is 0 Å². The Morgan fingerprint density at radius 1 is 0.905 bits per heavy atom. The van der Waals surface area contributed by atoms with Crippen molar-refractivity contribution in [3.63, 3.8) is 0 Å². The molecule has 1 aliphatic heterocycles. The Bertz CT molecular complexity index is 1500. The van der Waals surface area contributed by atoms with E-state index in [1.807, 2.05) is 125 Å². The summed E-state index contributed by atoms with van der Waals surface area (Å²) < 4.78 is 7.41. The second-order valence-corrected chi connectivity index (χ2v) is 12.1. The lowest BCUT2D eigenvalue weighted by Gasteiger charge is -2.34. The zero-order valence-electron chi connectivity index (χ0n) is 26.0. The highest BCUT2D eigenvalue weighted by Gasteiger charge is 2.29. The first kappa shape index (κ1) is 30.8. The van der Waals surface area contributed by atoms with Gasteiger partial charge in [-0.1, -0.05) is 68.4 Å². The van der Waals surface area contributed by atoms with E-state index in [2.05, 4.69) is 17.4 Å². The number of carbonyl (C=O) groups excluding carboxylic acids is 2. The Morgan fingerprint density at radius 2 is 1.60 bits per heavy atom. The first-order valence-electron chi connectivity index (χ1n) is 14.9. The molecule has 7 nitrogen and oxygen atoms in total. The van der Waals surface area contributed by atoms with Gasteiger partial charge in [0.15, 0.2) is 0 Å². The van der Waals surface area contributed by atoms with Gasteiger partial charge in [0.05, 0.1) is 16.8 Å². The fourth-order valence-corrected chi connectivity index (χ4v) is 5.28. The van der Waals surface area contributed by atoms with E-state index in [0.29, 0.717) is 17.6 Å². The van der Waals surface area contributed by atoms with E-state index in [1.165, 1.54) is 5.56 Å². The predicted molar refractivity (Wildman–Crippen MR) is 169 cm³/mol. The van der Waals surface area contributed by atoms with E-state index in [4.69, 9.17) is 9.84 Å². The molecule has 1 aliphatic rings. The number of nitrogens with one attached hydrogen (secondary N) is 1. The smallest absolute Gasteiger partial charge is 0.410 e. The van der Waals surface area contributed by atoms with Gasteiger partial charge < -0.3 is 15.0 Å². The van der Waals surface area contributed by atoms with E-state index < -0.39 is 11.1 Å². The van der Waals surface area contributed by atoms with Gasteiger partial charge in [-0.2, -0.15) is 5.10 Å². The number of piperidine rings is 1. The summed E-state index contributed by atoms with van der Waals surface area (Å²) in [7, 11) is 0. The molecule has 2 heterocycles. The number of nitrogens with zero attached hydrogens (tertiary/aromatic N) is 3. The van der Waals surface area contributed by atoms with Gasteiger partial charge >= 0.3 is 6.09 Å². The van der Waals surface area contributed by atoms with Crippen LogP contribution in [0.15, 0.2) is 79.0 Å². The molecule has 1 N–H and O–H groups in total. The highest BCUT2D eigenvalue weighted by Crippen LogP contribution is 2.29. The first-order valence-corrected chi connectivity index (χ1v) is 14.9. The largest absolute Gasteiger partial charge is 0.444 e. The van der Waals surface area contributed by atoms with Crippen LogP contribution < -0.4 is 5.32 Å². The van der Waals surface area contributed by atoms with Crippen molar-refractivity contribution in [1.29, 1.82) is 0 Å². The fraction of sp³-hybridized carbons (Fsp3) is 0.400. The molecule has 0 radical (unpaired) electrons. The number of ether oxygens (including phenoxy) is 1. The molecule has 2 amide bonds. The van der Waals surface area contributed by atoms with Gasteiger partial charge in [-0.15, -0.1) is 0 Å². The maximum Gasteiger partial charge on any atom is 0.410 e. The van der Waals surface area contributed by atoms with Gasteiger partial charge in [0, 0.05) is 30.6 Å². The molecule has 42 heavy (non-hydrogen) atoms. The van der Waals surface area contributed by atoms with Crippen LogP contribution in [0.5, 0.6) is 0 Å². The first-order chi connectivity index (χ1) is 20.0. The van der Waals surface area contributed by atoms with E-state index >= 15 is 0 Å². The topological polar surface area (TPSA) is 76.5 Å². The molecule has 0 spiro atoms. The number of amides is 2. The molecule has 5 rings (SSSR count). The standard InChI is InChI=1S/C33H38N4O3.C2H6/c1-32(2,3)40-31(39)36-20-10-12-24(21-36)23-16-18-27(19-17-23)37-22-25-11-9-15-28(29(25)35-37)30(38)34-33(4,5)26-13-7-6-8-14-26;1-2/h6-9,11,13-19,22,24H,10,12,20-21H2,1-5H3,(H,34,38);1-2H3/t24-;/m1./s1. The second-order valence-electron chi connectivity index (χ2n) is 12.1. The lowest BCUT2D eigenvalue weighted by molar-refractivity contribution is 0.0198. The minimum absolute atomic E-state index is 0.160. The Kier molecular flexibility index (Phi) is 9.40. The van der Waals surface area contributed by atoms with Crippen molar-refractivity contribution < 1.29 is 14.3 Å². The Hall–Kier alpha value is -4.13. The Labute approximate surface area is 249 Å². The van der Waals surface area contributed by atoms with Crippen LogP contribution >= 0.6 is 0 Å². The zero-order chi connectivity index (χ0) is 30.5. The lowest BCUT2D eigenvalue weighted by Crippen LogP contribution is -2.42. The van der Waals surface area contributed by atoms with Crippen molar-refractivity contribution in [2.24, 2.45) is 0 Å². The zero-order valence-corrected chi connectivity index (χ0v) is 26.0. The van der Waals surface area contributed by atoms with Crippen molar-refractivity contribution in [3.8, 4) is 5.69 Å². The molecule has 1 atom stereocenters. The maximum atomic E-state index is 13.4. The molecule has 1 saturated heterocycles. The highest BCUT2D eigenvalue weighted by molar-refractivity contribution is 6.05. The highest BCUT2D eigenvalue weighted by atomic mass is 16.6. The number of rotatable bonds is 5. The van der Waals surface area contributed by atoms with Crippen LogP contribution in [0.1, 0.15) is 88.7 Å². The normalized spacial score (nSPS) is 15.5. The predicted octanol–water partition coefficient (Wildman–Crippen LogP) is 7.83. The van der Waals surface area contributed by atoms with Gasteiger partial charge in [-0.3, -0.25) is 4.79 Å². The van der Waals surface area contributed by atoms with E-state index in [-0.39, 0.29) is 17.9 Å². The van der Waals surface area contributed by atoms with Crippen molar-refractivity contribution in [1.82, 2.24) is 20.0 Å². The molecule has 0 bridgehead atoms. The number of carbonyl (C=O) groups is 2. The molecular weight excluding hydrogens is 524 g/mol. The summed E-state index contributed by atoms with van der Waals surface area (Å²) >= 11 is 0. The van der Waals surface area contributed by atoms with Crippen LogP contribution in [0.3, 0.4) is 0 Å². The summed E-state index contributed by atoms with van der Waals surface area (Å²) in [5.41, 5.74) is 3.31. The average molecular weight is 569 g/mol. The minimum atomic E-state index is -0.531. The SMILES string of the molecule is CC.CC(C)(C)OC(=O)N1CCC[C@@H](c2ccc(-n3cc4cccc(C(=O)NC(C)(C)c5ccccc5)c4n3)cc2)C1. The van der Waals surface area contributed by atoms with Crippen LogP contribution in [-0.4, -0.2) is 45.4 Å². The monoisotopic (exact) mass is 568 g/mol. The number of benzene rings is 3. The fourth-order valence-electron chi connectivity index (χ4n) is 5.28. The summed E-state index contributed by atoms with van der Waals surface area (Å²) in [6.07, 6.45) is 3.68. The number of aromatic nitrogens is 2. The van der Waals surface area contributed by atoms with E-state index in [0.717, 1.165) is 36.0 Å². The van der Waals surface area contributed by atoms with Crippen LogP contribution in [-0.2, 0) is 10.3 Å². The molecule has 222 valence electrons. The summed E-state index contributed by atoms with van der Waals surface area (Å²) in [5.74, 6) is 0.0992. The lowest BCUT2D eigenvalue weighted by atomic mass is 9.91. The maximum absolute atomic E-state index is 13.4. The number of hydrogen-bond donors (Lipinski definition) is 1. The minimum Gasteiger partial charge on any atom is -0.444 e. The molecule has 0 unspecified atom stereocenters. The van der Waals surface area contributed by atoms with Crippen molar-refractivity contribution in [2.75, 3.05) is 13.1 Å². The number of likely N-dealkylation sites (tertiary alicyclic amines) is 1. The van der Waals surface area contributed by atoms with Crippen molar-refractivity contribution >= 4 is 22.9 Å². The van der Waals surface area contributed by atoms with Gasteiger partial charge in [-0.05, 0) is 76.8 Å². The quantitative estimate of drug-likeness (QED) is 0.266. The van der Waals surface area contributed by atoms with Crippen LogP contribution in [0.4, 0.5) is 4.79 Å². The summed E-state index contributed by atoms with van der Waals surface area (Å²) in [6.45, 7) is 15.1. The van der Waals surface area contributed by atoms with Gasteiger partial charge in [0.1, 0.15) is 11.1 Å². The summed E-state index contributed by atoms with van der Waals surface area (Å²) in [5, 5.41) is 8.87. The van der Waals surface area contributed by atoms with Gasteiger partial charge in [0.25, 0.3) is 5.91 Å². The molecular formula is C35H44N4O3. The van der Waals surface area contributed by atoms with Gasteiger partial charge in [-0.25, -0.2) is 9.48 Å². The third-order valence-electron chi connectivity index (χ3n) is 7.40. The van der Waals surface area contributed by atoms with Crippen LogP contribution in [0.25, 0.3) is 16.6 Å². The molecule has 1 fully saturated rings.